The number of unbranched alkanes of at least 4 members (excludes halogenated alkanes) is 2. The molecule has 1 saturated carbocycles. The first-order chi connectivity index (χ1) is 12.1. The van der Waals surface area contributed by atoms with E-state index in [1.165, 1.54) is 25.7 Å². The zero-order chi connectivity index (χ0) is 18.1. The van der Waals surface area contributed by atoms with Gasteiger partial charge in [0, 0.05) is 0 Å². The van der Waals surface area contributed by atoms with E-state index in [1.807, 2.05) is 6.92 Å². The van der Waals surface area contributed by atoms with Gasteiger partial charge in [-0.2, -0.15) is 5.26 Å². The summed E-state index contributed by atoms with van der Waals surface area (Å²) in [6, 6.07) is 2.09. The fourth-order valence-electron chi connectivity index (χ4n) is 3.68. The molecule has 0 unspecified atom stereocenters. The van der Waals surface area contributed by atoms with Crippen molar-refractivity contribution in [1.29, 1.82) is 5.26 Å². The number of rotatable bonds is 8. The van der Waals surface area contributed by atoms with Crippen molar-refractivity contribution >= 4 is 5.97 Å². The Morgan fingerprint density at radius 2 is 1.76 bits per heavy atom. The van der Waals surface area contributed by atoms with Crippen molar-refractivity contribution in [2.24, 2.45) is 11.3 Å². The van der Waals surface area contributed by atoms with Gasteiger partial charge in [0.15, 0.2) is 6.29 Å². The van der Waals surface area contributed by atoms with Gasteiger partial charge < -0.3 is 14.2 Å². The fourth-order valence-corrected chi connectivity index (χ4v) is 3.68. The van der Waals surface area contributed by atoms with Gasteiger partial charge in [0.05, 0.1) is 19.3 Å². The van der Waals surface area contributed by atoms with E-state index in [4.69, 9.17) is 14.2 Å². The Hall–Kier alpha value is -1.12. The molecule has 0 aromatic carbocycles. The average Bonchev–Trinajstić information content (AvgIpc) is 2.64. The molecule has 1 aliphatic carbocycles. The number of carbonyl (C=O) groups is 1. The highest BCUT2D eigenvalue weighted by atomic mass is 16.7. The SMILES string of the molecule is CCCCCC1CCC(OC(=O)C2(C#N)COC(CCC)OC2)CC1. The van der Waals surface area contributed by atoms with E-state index in [-0.39, 0.29) is 25.6 Å². The predicted octanol–water partition coefficient (Wildman–Crippen LogP) is 4.35. The number of nitrogens with zero attached hydrogens (tertiary/aromatic N) is 1. The van der Waals surface area contributed by atoms with E-state index in [9.17, 15) is 10.1 Å². The van der Waals surface area contributed by atoms with Crippen LogP contribution in [-0.2, 0) is 19.0 Å². The van der Waals surface area contributed by atoms with Gasteiger partial charge in [-0.3, -0.25) is 4.79 Å². The van der Waals surface area contributed by atoms with Crippen LogP contribution in [0.15, 0.2) is 0 Å². The molecule has 1 saturated heterocycles. The average molecular weight is 351 g/mol. The maximum atomic E-state index is 12.6. The number of esters is 1. The number of hydrogen-bond donors (Lipinski definition) is 0. The topological polar surface area (TPSA) is 68.6 Å². The summed E-state index contributed by atoms with van der Waals surface area (Å²) in [7, 11) is 0. The Bertz CT molecular complexity index is 443. The molecular formula is C20H33NO4. The Morgan fingerprint density at radius 1 is 1.08 bits per heavy atom. The second-order valence-corrected chi connectivity index (χ2v) is 7.58. The van der Waals surface area contributed by atoms with Crippen LogP contribution in [0.2, 0.25) is 0 Å². The lowest BCUT2D eigenvalue weighted by Gasteiger charge is -2.35. The monoisotopic (exact) mass is 351 g/mol. The summed E-state index contributed by atoms with van der Waals surface area (Å²) in [6.45, 7) is 4.41. The van der Waals surface area contributed by atoms with Crippen molar-refractivity contribution < 1.29 is 19.0 Å². The number of nitriles is 1. The molecule has 1 aliphatic heterocycles. The van der Waals surface area contributed by atoms with Gasteiger partial charge in [0.2, 0.25) is 5.41 Å². The van der Waals surface area contributed by atoms with Crippen LogP contribution in [0.4, 0.5) is 0 Å². The molecule has 2 fully saturated rings. The molecule has 0 spiro atoms. The molecule has 1 heterocycles. The third-order valence-electron chi connectivity index (χ3n) is 5.44. The third-order valence-corrected chi connectivity index (χ3v) is 5.44. The van der Waals surface area contributed by atoms with Crippen LogP contribution in [0.5, 0.6) is 0 Å². The minimum atomic E-state index is -1.30. The summed E-state index contributed by atoms with van der Waals surface area (Å²) in [5.41, 5.74) is -1.30. The second kappa shape index (κ2) is 10.1. The Labute approximate surface area is 152 Å². The summed E-state index contributed by atoms with van der Waals surface area (Å²) < 4.78 is 16.8. The quantitative estimate of drug-likeness (QED) is 0.480. The van der Waals surface area contributed by atoms with Gasteiger partial charge in [-0.05, 0) is 38.0 Å². The Balaban J connectivity index is 1.77. The molecule has 25 heavy (non-hydrogen) atoms. The van der Waals surface area contributed by atoms with E-state index in [1.54, 1.807) is 0 Å². The van der Waals surface area contributed by atoms with Crippen molar-refractivity contribution in [3.8, 4) is 6.07 Å². The second-order valence-electron chi connectivity index (χ2n) is 7.58. The van der Waals surface area contributed by atoms with E-state index >= 15 is 0 Å². The summed E-state index contributed by atoms with van der Waals surface area (Å²) in [6.07, 6.45) is 10.5. The molecule has 2 rings (SSSR count). The molecule has 0 radical (unpaired) electrons. The normalized spacial score (nSPS) is 32.8. The van der Waals surface area contributed by atoms with Gasteiger partial charge in [-0.1, -0.05) is 46.0 Å². The Kier molecular flexibility index (Phi) is 8.18. The fraction of sp³-hybridized carbons (Fsp3) is 0.900. The van der Waals surface area contributed by atoms with E-state index in [2.05, 4.69) is 13.0 Å². The highest BCUT2D eigenvalue weighted by Crippen LogP contribution is 2.33. The first-order valence-electron chi connectivity index (χ1n) is 9.99. The van der Waals surface area contributed by atoms with Crippen molar-refractivity contribution in [1.82, 2.24) is 0 Å². The van der Waals surface area contributed by atoms with E-state index < -0.39 is 11.4 Å². The van der Waals surface area contributed by atoms with Crippen molar-refractivity contribution in [3.63, 3.8) is 0 Å². The number of hydrogen-bond acceptors (Lipinski definition) is 5. The molecule has 0 amide bonds. The summed E-state index contributed by atoms with van der Waals surface area (Å²) in [5, 5.41) is 9.51. The highest BCUT2D eigenvalue weighted by molar-refractivity contribution is 5.80. The van der Waals surface area contributed by atoms with Crippen LogP contribution in [0, 0.1) is 22.7 Å². The van der Waals surface area contributed by atoms with Gasteiger partial charge in [-0.15, -0.1) is 0 Å². The lowest BCUT2D eigenvalue weighted by molar-refractivity contribution is -0.228. The molecule has 0 atom stereocenters. The number of ether oxygens (including phenoxy) is 3. The molecular weight excluding hydrogens is 318 g/mol. The maximum Gasteiger partial charge on any atom is 0.331 e. The maximum absolute atomic E-state index is 12.6. The van der Waals surface area contributed by atoms with Crippen LogP contribution in [0.1, 0.15) is 78.1 Å². The standard InChI is InChI=1S/C20H33NO4/c1-3-5-6-8-16-9-11-17(12-10-16)25-19(22)20(13-21)14-23-18(7-4-2)24-15-20/h16-18H,3-12,14-15H2,1-2H3. The first kappa shape index (κ1) is 20.2. The van der Waals surface area contributed by atoms with Crippen LogP contribution in [-0.4, -0.2) is 31.6 Å². The number of carbonyl (C=O) groups excluding carboxylic acids is 1. The lowest BCUT2D eigenvalue weighted by atomic mass is 9.84. The van der Waals surface area contributed by atoms with Crippen molar-refractivity contribution in [2.45, 2.75) is 90.4 Å². The molecule has 0 aromatic rings. The van der Waals surface area contributed by atoms with Crippen molar-refractivity contribution in [3.05, 3.63) is 0 Å². The van der Waals surface area contributed by atoms with Gasteiger partial charge in [0.25, 0.3) is 0 Å². The summed E-state index contributed by atoms with van der Waals surface area (Å²) in [4.78, 5) is 12.6. The molecule has 0 bridgehead atoms. The van der Waals surface area contributed by atoms with Crippen molar-refractivity contribution in [2.75, 3.05) is 13.2 Å². The van der Waals surface area contributed by atoms with Crippen LogP contribution < -0.4 is 0 Å². The molecule has 2 aliphatic rings. The molecule has 0 aromatic heterocycles. The zero-order valence-corrected chi connectivity index (χ0v) is 15.8. The Morgan fingerprint density at radius 3 is 2.32 bits per heavy atom. The molecule has 142 valence electrons. The highest BCUT2D eigenvalue weighted by Gasteiger charge is 2.46. The van der Waals surface area contributed by atoms with E-state index in [0.717, 1.165) is 44.4 Å². The first-order valence-corrected chi connectivity index (χ1v) is 9.99. The van der Waals surface area contributed by atoms with Gasteiger partial charge >= 0.3 is 5.97 Å². The van der Waals surface area contributed by atoms with E-state index in [0.29, 0.717) is 0 Å². The molecule has 5 nitrogen and oxygen atoms in total. The van der Waals surface area contributed by atoms with Crippen LogP contribution >= 0.6 is 0 Å². The van der Waals surface area contributed by atoms with Crippen LogP contribution in [0.25, 0.3) is 0 Å². The predicted molar refractivity (Wildman–Crippen MR) is 94.6 cm³/mol. The van der Waals surface area contributed by atoms with Crippen LogP contribution in [0.3, 0.4) is 0 Å². The van der Waals surface area contributed by atoms with Gasteiger partial charge in [-0.25, -0.2) is 0 Å². The smallest absolute Gasteiger partial charge is 0.331 e. The third kappa shape index (κ3) is 5.69. The summed E-state index contributed by atoms with van der Waals surface area (Å²) in [5.74, 6) is 0.293. The zero-order valence-electron chi connectivity index (χ0n) is 15.8. The minimum Gasteiger partial charge on any atom is -0.461 e. The summed E-state index contributed by atoms with van der Waals surface area (Å²) >= 11 is 0. The van der Waals surface area contributed by atoms with Gasteiger partial charge in [0.1, 0.15) is 6.10 Å². The lowest BCUT2D eigenvalue weighted by Crippen LogP contribution is -2.48. The molecule has 5 heteroatoms. The largest absolute Gasteiger partial charge is 0.461 e. The minimum absolute atomic E-state index is 0.0616. The molecule has 0 N–H and O–H groups in total.